The number of thiophene rings is 1. The van der Waals surface area contributed by atoms with Crippen LogP contribution in [0.3, 0.4) is 0 Å². The number of hydrogen-bond acceptors (Lipinski definition) is 4. The quantitative estimate of drug-likeness (QED) is 0.675. The predicted octanol–water partition coefficient (Wildman–Crippen LogP) is 4.27. The van der Waals surface area contributed by atoms with E-state index >= 15 is 0 Å². The smallest absolute Gasteiger partial charge is 0.348 e. The molecule has 0 saturated heterocycles. The van der Waals surface area contributed by atoms with Crippen molar-refractivity contribution in [3.8, 4) is 5.75 Å². The number of ether oxygens (including phenoxy) is 2. The van der Waals surface area contributed by atoms with Gasteiger partial charge in [0.05, 0.1) is 7.11 Å². The largest absolute Gasteiger partial charge is 0.488 e. The van der Waals surface area contributed by atoms with E-state index in [9.17, 15) is 4.79 Å². The van der Waals surface area contributed by atoms with Gasteiger partial charge < -0.3 is 9.47 Å². The van der Waals surface area contributed by atoms with Crippen LogP contribution in [-0.2, 0) is 11.3 Å². The van der Waals surface area contributed by atoms with E-state index in [1.54, 1.807) is 0 Å². The molecule has 106 valence electrons. The average molecular weight is 298 g/mol. The Bertz CT molecular complexity index is 762. The summed E-state index contributed by atoms with van der Waals surface area (Å²) in [6.45, 7) is 0.503. The fourth-order valence-corrected chi connectivity index (χ4v) is 3.09. The maximum atomic E-state index is 11.6. The first kappa shape index (κ1) is 13.6. The maximum absolute atomic E-state index is 11.6. The highest BCUT2D eigenvalue weighted by Gasteiger charge is 2.13. The standard InChI is InChI=1S/C17H14O3S/c1-19-17(18)16-10-13-14(8-5-9-15(13)21-16)20-11-12-6-3-2-4-7-12/h2-10H,11H2,1H3. The predicted molar refractivity (Wildman–Crippen MR) is 83.9 cm³/mol. The molecule has 0 fully saturated rings. The number of carbonyl (C=O) groups is 1. The summed E-state index contributed by atoms with van der Waals surface area (Å²) in [6.07, 6.45) is 0. The van der Waals surface area contributed by atoms with Gasteiger partial charge in [-0.3, -0.25) is 0 Å². The van der Waals surface area contributed by atoms with Gasteiger partial charge in [0.15, 0.2) is 0 Å². The Kier molecular flexibility index (Phi) is 3.88. The van der Waals surface area contributed by atoms with Crippen molar-refractivity contribution in [1.82, 2.24) is 0 Å². The van der Waals surface area contributed by atoms with Crippen molar-refractivity contribution in [2.24, 2.45) is 0 Å². The molecule has 3 nitrogen and oxygen atoms in total. The maximum Gasteiger partial charge on any atom is 0.348 e. The van der Waals surface area contributed by atoms with Crippen LogP contribution < -0.4 is 4.74 Å². The summed E-state index contributed by atoms with van der Waals surface area (Å²) in [5.41, 5.74) is 1.11. The molecule has 0 aliphatic heterocycles. The Morgan fingerprint density at radius 1 is 1.10 bits per heavy atom. The van der Waals surface area contributed by atoms with Crippen LogP contribution in [0, 0.1) is 0 Å². The molecule has 0 spiro atoms. The lowest BCUT2D eigenvalue weighted by atomic mass is 10.2. The summed E-state index contributed by atoms with van der Waals surface area (Å²) >= 11 is 1.41. The van der Waals surface area contributed by atoms with Gasteiger partial charge >= 0.3 is 5.97 Å². The Balaban J connectivity index is 1.88. The van der Waals surface area contributed by atoms with Gasteiger partial charge in [0.25, 0.3) is 0 Å². The summed E-state index contributed by atoms with van der Waals surface area (Å²) in [5.74, 6) is 0.466. The SMILES string of the molecule is COC(=O)c1cc2c(OCc3ccccc3)cccc2s1. The molecule has 0 unspecified atom stereocenters. The molecule has 0 saturated carbocycles. The highest BCUT2D eigenvalue weighted by molar-refractivity contribution is 7.20. The second-order valence-electron chi connectivity index (χ2n) is 4.54. The summed E-state index contributed by atoms with van der Waals surface area (Å²) in [5, 5.41) is 0.943. The monoisotopic (exact) mass is 298 g/mol. The van der Waals surface area contributed by atoms with Crippen LogP contribution in [0.2, 0.25) is 0 Å². The molecule has 2 aromatic carbocycles. The van der Waals surface area contributed by atoms with Crippen molar-refractivity contribution >= 4 is 27.4 Å². The Labute approximate surface area is 126 Å². The molecule has 3 rings (SSSR count). The van der Waals surface area contributed by atoms with Crippen LogP contribution >= 0.6 is 11.3 Å². The van der Waals surface area contributed by atoms with Crippen molar-refractivity contribution in [3.63, 3.8) is 0 Å². The van der Waals surface area contributed by atoms with Crippen LogP contribution in [0.15, 0.2) is 54.6 Å². The van der Waals surface area contributed by atoms with Gasteiger partial charge in [0.1, 0.15) is 17.2 Å². The Hall–Kier alpha value is -2.33. The minimum absolute atomic E-state index is 0.315. The first-order valence-electron chi connectivity index (χ1n) is 6.55. The molecule has 1 heterocycles. The first-order valence-corrected chi connectivity index (χ1v) is 7.37. The van der Waals surface area contributed by atoms with Crippen molar-refractivity contribution in [3.05, 3.63) is 65.0 Å². The summed E-state index contributed by atoms with van der Waals surface area (Å²) < 4.78 is 11.7. The zero-order chi connectivity index (χ0) is 14.7. The van der Waals surface area contributed by atoms with Crippen LogP contribution in [-0.4, -0.2) is 13.1 Å². The minimum Gasteiger partial charge on any atom is -0.488 e. The fourth-order valence-electron chi connectivity index (χ4n) is 2.10. The number of hydrogen-bond donors (Lipinski definition) is 0. The number of methoxy groups -OCH3 is 1. The molecule has 0 bridgehead atoms. The van der Waals surface area contributed by atoms with E-state index in [2.05, 4.69) is 0 Å². The third-order valence-electron chi connectivity index (χ3n) is 3.15. The molecular formula is C17H14O3S. The normalized spacial score (nSPS) is 10.5. The van der Waals surface area contributed by atoms with E-state index in [4.69, 9.17) is 9.47 Å². The van der Waals surface area contributed by atoms with Crippen molar-refractivity contribution in [1.29, 1.82) is 0 Å². The number of rotatable bonds is 4. The number of esters is 1. The third-order valence-corrected chi connectivity index (χ3v) is 4.23. The van der Waals surface area contributed by atoms with Crippen LogP contribution in [0.4, 0.5) is 0 Å². The zero-order valence-corrected chi connectivity index (χ0v) is 12.4. The van der Waals surface area contributed by atoms with Crippen LogP contribution in [0.1, 0.15) is 15.2 Å². The van der Waals surface area contributed by atoms with E-state index in [1.165, 1.54) is 18.4 Å². The molecule has 0 amide bonds. The Morgan fingerprint density at radius 2 is 1.90 bits per heavy atom. The molecule has 4 heteroatoms. The number of benzene rings is 2. The number of fused-ring (bicyclic) bond motifs is 1. The minimum atomic E-state index is -0.315. The molecule has 0 radical (unpaired) electrons. The van der Waals surface area contributed by atoms with Crippen molar-refractivity contribution < 1.29 is 14.3 Å². The molecule has 3 aromatic rings. The van der Waals surface area contributed by atoms with Crippen molar-refractivity contribution in [2.75, 3.05) is 7.11 Å². The Morgan fingerprint density at radius 3 is 2.67 bits per heavy atom. The molecule has 0 aliphatic rings. The zero-order valence-electron chi connectivity index (χ0n) is 11.5. The average Bonchev–Trinajstić information content (AvgIpc) is 2.97. The molecule has 0 atom stereocenters. The highest BCUT2D eigenvalue weighted by atomic mass is 32.1. The van der Waals surface area contributed by atoms with Gasteiger partial charge in [-0.2, -0.15) is 0 Å². The van der Waals surface area contributed by atoms with Gasteiger partial charge in [0.2, 0.25) is 0 Å². The van der Waals surface area contributed by atoms with E-state index in [1.807, 2.05) is 54.6 Å². The van der Waals surface area contributed by atoms with Gasteiger partial charge in [-0.05, 0) is 23.8 Å². The topological polar surface area (TPSA) is 35.5 Å². The molecule has 0 aliphatic carbocycles. The molecule has 21 heavy (non-hydrogen) atoms. The second kappa shape index (κ2) is 5.97. The molecular weight excluding hydrogens is 284 g/mol. The van der Waals surface area contributed by atoms with Crippen molar-refractivity contribution in [2.45, 2.75) is 6.61 Å². The van der Waals surface area contributed by atoms with Gasteiger partial charge in [0, 0.05) is 10.1 Å². The highest BCUT2D eigenvalue weighted by Crippen LogP contribution is 2.33. The lowest BCUT2D eigenvalue weighted by Crippen LogP contribution is -1.97. The van der Waals surface area contributed by atoms with Crippen LogP contribution in [0.25, 0.3) is 10.1 Å². The summed E-state index contributed by atoms with van der Waals surface area (Å²) in [6, 6.07) is 17.6. The lowest BCUT2D eigenvalue weighted by Gasteiger charge is -2.07. The van der Waals surface area contributed by atoms with Gasteiger partial charge in [-0.25, -0.2) is 4.79 Å². The van der Waals surface area contributed by atoms with E-state index in [0.29, 0.717) is 11.5 Å². The number of carbonyl (C=O) groups excluding carboxylic acids is 1. The van der Waals surface area contributed by atoms with E-state index in [0.717, 1.165) is 21.4 Å². The van der Waals surface area contributed by atoms with Gasteiger partial charge in [-0.15, -0.1) is 11.3 Å². The fraction of sp³-hybridized carbons (Fsp3) is 0.118. The molecule has 1 aromatic heterocycles. The van der Waals surface area contributed by atoms with Crippen LogP contribution in [0.5, 0.6) is 5.75 Å². The summed E-state index contributed by atoms with van der Waals surface area (Å²) in [7, 11) is 1.39. The molecule has 0 N–H and O–H groups in total. The van der Waals surface area contributed by atoms with E-state index < -0.39 is 0 Å². The summed E-state index contributed by atoms with van der Waals surface area (Å²) in [4.78, 5) is 12.2. The van der Waals surface area contributed by atoms with Gasteiger partial charge in [-0.1, -0.05) is 36.4 Å². The first-order chi connectivity index (χ1) is 10.3. The third kappa shape index (κ3) is 2.90. The van der Waals surface area contributed by atoms with E-state index in [-0.39, 0.29) is 5.97 Å². The lowest BCUT2D eigenvalue weighted by molar-refractivity contribution is 0.0606. The second-order valence-corrected chi connectivity index (χ2v) is 5.63.